The van der Waals surface area contributed by atoms with Crippen LogP contribution >= 0.6 is 11.3 Å². The number of hydrogen-bond acceptors (Lipinski definition) is 4. The lowest BCUT2D eigenvalue weighted by atomic mass is 9.93. The minimum absolute atomic E-state index is 0.364. The van der Waals surface area contributed by atoms with Crippen LogP contribution in [-0.2, 0) is 6.18 Å². The maximum atomic E-state index is 12.9. The standard InChI is InChI=1S/C18H24F3N3S/c1-4-12-5-7-14(11(2)3)24(10-9-12)17-22-13-6-8-15(18(19,20)21)23-16(13)25-17/h6,8,11-12,14H,4-5,7,9-10H2,1-3H3/t12?,14-/m1/s1. The van der Waals surface area contributed by atoms with Crippen LogP contribution in [0.1, 0.15) is 52.1 Å². The Morgan fingerprint density at radius 1 is 1.20 bits per heavy atom. The second-order valence-corrected chi connectivity index (χ2v) is 8.12. The highest BCUT2D eigenvalue weighted by molar-refractivity contribution is 7.21. The first kappa shape index (κ1) is 18.4. The molecule has 0 spiro atoms. The van der Waals surface area contributed by atoms with Crippen LogP contribution in [0.2, 0.25) is 0 Å². The molecular formula is C18H24F3N3S. The van der Waals surface area contributed by atoms with Crippen molar-refractivity contribution in [3.05, 3.63) is 17.8 Å². The van der Waals surface area contributed by atoms with Crippen LogP contribution in [0.25, 0.3) is 10.3 Å². The number of anilines is 1. The molecule has 0 saturated carbocycles. The molecule has 0 amide bonds. The van der Waals surface area contributed by atoms with E-state index in [2.05, 4.69) is 35.6 Å². The fourth-order valence-electron chi connectivity index (χ4n) is 3.62. The Bertz CT molecular complexity index is 726. The van der Waals surface area contributed by atoms with Crippen LogP contribution in [0.5, 0.6) is 0 Å². The number of hydrogen-bond donors (Lipinski definition) is 0. The van der Waals surface area contributed by atoms with Crippen molar-refractivity contribution in [1.82, 2.24) is 9.97 Å². The van der Waals surface area contributed by atoms with E-state index in [9.17, 15) is 13.2 Å². The fourth-order valence-corrected chi connectivity index (χ4v) is 4.64. The third kappa shape index (κ3) is 3.91. The van der Waals surface area contributed by atoms with Gasteiger partial charge in [0.05, 0.1) is 0 Å². The maximum Gasteiger partial charge on any atom is 0.433 e. The van der Waals surface area contributed by atoms with Crippen LogP contribution < -0.4 is 4.90 Å². The van der Waals surface area contributed by atoms with Gasteiger partial charge >= 0.3 is 6.18 Å². The molecule has 2 aromatic heterocycles. The zero-order chi connectivity index (χ0) is 18.2. The van der Waals surface area contributed by atoms with Crippen molar-refractivity contribution in [2.75, 3.05) is 11.4 Å². The summed E-state index contributed by atoms with van der Waals surface area (Å²) >= 11 is 1.28. The van der Waals surface area contributed by atoms with E-state index >= 15 is 0 Å². The van der Waals surface area contributed by atoms with Gasteiger partial charge in [-0.25, -0.2) is 9.97 Å². The number of alkyl halides is 3. The molecule has 1 aliphatic rings. The second kappa shape index (κ2) is 7.09. The third-order valence-corrected chi connectivity index (χ3v) is 6.18. The summed E-state index contributed by atoms with van der Waals surface area (Å²) in [5.74, 6) is 1.19. The van der Waals surface area contributed by atoms with Crippen LogP contribution in [0, 0.1) is 11.8 Å². The predicted molar refractivity (Wildman–Crippen MR) is 96.0 cm³/mol. The van der Waals surface area contributed by atoms with E-state index < -0.39 is 11.9 Å². The van der Waals surface area contributed by atoms with E-state index in [0.717, 1.165) is 36.5 Å². The van der Waals surface area contributed by atoms with Crippen molar-refractivity contribution >= 4 is 26.8 Å². The van der Waals surface area contributed by atoms with E-state index in [1.807, 2.05) is 0 Å². The van der Waals surface area contributed by atoms with Gasteiger partial charge in [0.1, 0.15) is 16.0 Å². The molecule has 0 radical (unpaired) electrons. The number of pyridine rings is 1. The molecule has 3 rings (SSSR count). The Labute approximate surface area is 150 Å². The molecule has 25 heavy (non-hydrogen) atoms. The summed E-state index contributed by atoms with van der Waals surface area (Å²) in [5.41, 5.74) is -0.302. The molecule has 3 nitrogen and oxygen atoms in total. The number of halogens is 3. The molecule has 1 aliphatic heterocycles. The average molecular weight is 371 g/mol. The van der Waals surface area contributed by atoms with Crippen LogP contribution in [0.4, 0.5) is 18.3 Å². The highest BCUT2D eigenvalue weighted by Gasteiger charge is 2.33. The van der Waals surface area contributed by atoms with E-state index in [1.165, 1.54) is 30.2 Å². The first-order chi connectivity index (χ1) is 11.8. The van der Waals surface area contributed by atoms with Gasteiger partial charge in [0.15, 0.2) is 5.13 Å². The van der Waals surface area contributed by atoms with Crippen molar-refractivity contribution < 1.29 is 13.2 Å². The largest absolute Gasteiger partial charge is 0.433 e. The van der Waals surface area contributed by atoms with Crippen LogP contribution in [-0.4, -0.2) is 22.6 Å². The van der Waals surface area contributed by atoms with E-state index in [4.69, 9.17) is 0 Å². The van der Waals surface area contributed by atoms with E-state index in [0.29, 0.717) is 22.3 Å². The number of thiazole rings is 1. The monoisotopic (exact) mass is 371 g/mol. The van der Waals surface area contributed by atoms with Crippen molar-refractivity contribution in [2.45, 2.75) is 58.7 Å². The van der Waals surface area contributed by atoms with Crippen LogP contribution in [0.3, 0.4) is 0 Å². The van der Waals surface area contributed by atoms with Gasteiger partial charge < -0.3 is 4.90 Å². The molecule has 0 bridgehead atoms. The molecule has 0 aromatic carbocycles. The van der Waals surface area contributed by atoms with Crippen molar-refractivity contribution in [3.8, 4) is 0 Å². The van der Waals surface area contributed by atoms with Gasteiger partial charge in [0.2, 0.25) is 0 Å². The van der Waals surface area contributed by atoms with Gasteiger partial charge in [0.25, 0.3) is 0 Å². The number of rotatable bonds is 3. The average Bonchev–Trinajstić information content (AvgIpc) is 2.84. The van der Waals surface area contributed by atoms with Crippen molar-refractivity contribution in [1.29, 1.82) is 0 Å². The van der Waals surface area contributed by atoms with Gasteiger partial charge in [-0.1, -0.05) is 38.5 Å². The molecule has 1 saturated heterocycles. The summed E-state index contributed by atoms with van der Waals surface area (Å²) in [6, 6.07) is 2.82. The summed E-state index contributed by atoms with van der Waals surface area (Å²) in [4.78, 5) is 11.1. The van der Waals surface area contributed by atoms with Crippen molar-refractivity contribution in [3.63, 3.8) is 0 Å². The van der Waals surface area contributed by atoms with Gasteiger partial charge in [0, 0.05) is 12.6 Å². The third-order valence-electron chi connectivity index (χ3n) is 5.18. The summed E-state index contributed by atoms with van der Waals surface area (Å²) in [6.07, 6.45) is 0.173. The molecule has 0 N–H and O–H groups in total. The first-order valence-corrected chi connectivity index (χ1v) is 9.72. The minimum Gasteiger partial charge on any atom is -0.345 e. The Morgan fingerprint density at radius 2 is 1.96 bits per heavy atom. The lowest BCUT2D eigenvalue weighted by Crippen LogP contribution is -2.38. The molecule has 138 valence electrons. The van der Waals surface area contributed by atoms with Gasteiger partial charge in [-0.2, -0.15) is 13.2 Å². The Hall–Kier alpha value is -1.37. The fraction of sp³-hybridized carbons (Fsp3) is 0.667. The number of nitrogens with zero attached hydrogens (tertiary/aromatic N) is 3. The molecule has 1 fully saturated rings. The summed E-state index contributed by atoms with van der Waals surface area (Å²) in [7, 11) is 0. The highest BCUT2D eigenvalue weighted by Crippen LogP contribution is 2.37. The molecule has 7 heteroatoms. The zero-order valence-corrected chi connectivity index (χ0v) is 15.6. The van der Waals surface area contributed by atoms with Gasteiger partial charge in [-0.05, 0) is 43.2 Å². The maximum absolute atomic E-state index is 12.9. The van der Waals surface area contributed by atoms with E-state index in [-0.39, 0.29) is 0 Å². The van der Waals surface area contributed by atoms with Gasteiger partial charge in [-0.15, -0.1) is 0 Å². The highest BCUT2D eigenvalue weighted by atomic mass is 32.1. The summed E-state index contributed by atoms with van der Waals surface area (Å²) in [5, 5.41) is 0.803. The quantitative estimate of drug-likeness (QED) is 0.688. The Kier molecular flexibility index (Phi) is 5.23. The van der Waals surface area contributed by atoms with E-state index in [1.54, 1.807) is 0 Å². The number of fused-ring (bicyclic) bond motifs is 1. The molecule has 3 heterocycles. The summed E-state index contributed by atoms with van der Waals surface area (Å²) < 4.78 is 38.7. The first-order valence-electron chi connectivity index (χ1n) is 8.91. The zero-order valence-electron chi connectivity index (χ0n) is 14.8. The number of aromatic nitrogens is 2. The molecular weight excluding hydrogens is 347 g/mol. The molecule has 0 aliphatic carbocycles. The summed E-state index contributed by atoms with van der Waals surface area (Å²) in [6.45, 7) is 7.55. The van der Waals surface area contributed by atoms with Gasteiger partial charge in [-0.3, -0.25) is 0 Å². The lowest BCUT2D eigenvalue weighted by molar-refractivity contribution is -0.140. The van der Waals surface area contributed by atoms with Crippen molar-refractivity contribution in [2.24, 2.45) is 11.8 Å². The Balaban J connectivity index is 1.95. The molecule has 2 aromatic rings. The SMILES string of the molecule is CCC1CC[C@H](C(C)C)N(c2nc3ccc(C(F)(F)F)nc3s2)CC1. The lowest BCUT2D eigenvalue weighted by Gasteiger charge is -2.32. The molecule has 2 atom stereocenters. The topological polar surface area (TPSA) is 29.0 Å². The molecule has 1 unspecified atom stereocenters. The smallest absolute Gasteiger partial charge is 0.345 e. The Morgan fingerprint density at radius 3 is 2.60 bits per heavy atom. The predicted octanol–water partition coefficient (Wildman–Crippen LogP) is 5.75. The normalized spacial score (nSPS) is 22.6. The second-order valence-electron chi connectivity index (χ2n) is 7.16. The minimum atomic E-state index is -4.42. The van der Waals surface area contributed by atoms with Crippen LogP contribution in [0.15, 0.2) is 12.1 Å².